The number of nitrogens with two attached hydrogens (primary N) is 1. The fourth-order valence-electron chi connectivity index (χ4n) is 3.00. The maximum absolute atomic E-state index is 5.64. The summed E-state index contributed by atoms with van der Waals surface area (Å²) in [5, 5.41) is 3.58. The maximum Gasteiger partial charge on any atom is 0.0632 e. The minimum atomic E-state index is 0.602. The van der Waals surface area contributed by atoms with Crippen molar-refractivity contribution in [2.75, 3.05) is 23.8 Å². The van der Waals surface area contributed by atoms with E-state index in [9.17, 15) is 0 Å². The maximum atomic E-state index is 5.64. The average molecular weight is 281 g/mol. The summed E-state index contributed by atoms with van der Waals surface area (Å²) in [6, 6.07) is 15.1. The summed E-state index contributed by atoms with van der Waals surface area (Å²) in [6.45, 7) is 2.58. The van der Waals surface area contributed by atoms with Crippen molar-refractivity contribution in [2.24, 2.45) is 5.73 Å². The fraction of sp³-hybridized carbons (Fsp3) is 0.333. The Balaban J connectivity index is 1.76. The van der Waals surface area contributed by atoms with E-state index >= 15 is 0 Å². The molecule has 1 aliphatic rings. The van der Waals surface area contributed by atoms with Crippen LogP contribution in [0.4, 0.5) is 11.4 Å². The van der Waals surface area contributed by atoms with Crippen molar-refractivity contribution in [3.8, 4) is 0 Å². The normalized spacial score (nSPS) is 13.9. The molecule has 3 heteroatoms. The SMILES string of the molecule is CN1CCCc2cccc(NCc3ccc(CN)cc3)c21. The topological polar surface area (TPSA) is 41.3 Å². The van der Waals surface area contributed by atoms with Crippen LogP contribution in [-0.2, 0) is 19.5 Å². The zero-order valence-corrected chi connectivity index (χ0v) is 12.6. The highest BCUT2D eigenvalue weighted by Crippen LogP contribution is 2.33. The number of rotatable bonds is 4. The van der Waals surface area contributed by atoms with Gasteiger partial charge in [-0.15, -0.1) is 0 Å². The molecule has 0 aromatic heterocycles. The van der Waals surface area contributed by atoms with Crippen LogP contribution in [0, 0.1) is 0 Å². The summed E-state index contributed by atoms with van der Waals surface area (Å²) in [7, 11) is 2.18. The average Bonchev–Trinajstić information content (AvgIpc) is 2.53. The van der Waals surface area contributed by atoms with E-state index in [1.165, 1.54) is 40.9 Å². The number of hydrogen-bond acceptors (Lipinski definition) is 3. The smallest absolute Gasteiger partial charge is 0.0632 e. The predicted molar refractivity (Wildman–Crippen MR) is 89.7 cm³/mol. The van der Waals surface area contributed by atoms with E-state index in [0.29, 0.717) is 6.54 Å². The van der Waals surface area contributed by atoms with Crippen molar-refractivity contribution in [1.82, 2.24) is 0 Å². The van der Waals surface area contributed by atoms with Crippen molar-refractivity contribution >= 4 is 11.4 Å². The summed E-state index contributed by atoms with van der Waals surface area (Å²) >= 11 is 0. The molecule has 2 aromatic rings. The van der Waals surface area contributed by atoms with E-state index in [2.05, 4.69) is 59.7 Å². The summed E-state index contributed by atoms with van der Waals surface area (Å²) in [4.78, 5) is 2.36. The largest absolute Gasteiger partial charge is 0.379 e. The number of hydrogen-bond donors (Lipinski definition) is 2. The molecule has 0 saturated heterocycles. The Hall–Kier alpha value is -2.00. The Bertz CT molecular complexity index is 604. The van der Waals surface area contributed by atoms with Crippen molar-refractivity contribution in [3.63, 3.8) is 0 Å². The molecule has 0 atom stereocenters. The van der Waals surface area contributed by atoms with Gasteiger partial charge in [0, 0.05) is 26.7 Å². The predicted octanol–water partition coefficient (Wildman–Crippen LogP) is 3.14. The van der Waals surface area contributed by atoms with Gasteiger partial charge in [-0.1, -0.05) is 36.4 Å². The molecule has 0 fully saturated rings. The summed E-state index contributed by atoms with van der Waals surface area (Å²) in [6.07, 6.45) is 2.42. The number of nitrogens with zero attached hydrogens (tertiary/aromatic N) is 1. The van der Waals surface area contributed by atoms with Gasteiger partial charge in [-0.25, -0.2) is 0 Å². The van der Waals surface area contributed by atoms with Crippen LogP contribution in [0.1, 0.15) is 23.1 Å². The van der Waals surface area contributed by atoms with Crippen LogP contribution >= 0.6 is 0 Å². The molecule has 0 unspecified atom stereocenters. The number of benzene rings is 2. The monoisotopic (exact) mass is 281 g/mol. The molecule has 0 aliphatic carbocycles. The first-order valence-electron chi connectivity index (χ1n) is 7.62. The van der Waals surface area contributed by atoms with Crippen LogP contribution in [0.15, 0.2) is 42.5 Å². The van der Waals surface area contributed by atoms with Gasteiger partial charge < -0.3 is 16.0 Å². The van der Waals surface area contributed by atoms with Crippen molar-refractivity contribution in [3.05, 3.63) is 59.2 Å². The second kappa shape index (κ2) is 6.19. The lowest BCUT2D eigenvalue weighted by Crippen LogP contribution is -2.25. The van der Waals surface area contributed by atoms with Gasteiger partial charge in [0.25, 0.3) is 0 Å². The third kappa shape index (κ3) is 3.03. The molecule has 0 amide bonds. The lowest BCUT2D eigenvalue weighted by molar-refractivity contribution is 0.745. The molecule has 0 saturated carbocycles. The molecular weight excluding hydrogens is 258 g/mol. The fourth-order valence-corrected chi connectivity index (χ4v) is 3.00. The van der Waals surface area contributed by atoms with E-state index in [0.717, 1.165) is 13.1 Å². The van der Waals surface area contributed by atoms with E-state index in [1.54, 1.807) is 0 Å². The molecule has 1 aliphatic heterocycles. The van der Waals surface area contributed by atoms with Crippen LogP contribution in [0.25, 0.3) is 0 Å². The Morgan fingerprint density at radius 3 is 2.62 bits per heavy atom. The molecule has 1 heterocycles. The first-order chi connectivity index (χ1) is 10.3. The molecular formula is C18H23N3. The first kappa shape index (κ1) is 14.0. The molecule has 110 valence electrons. The van der Waals surface area contributed by atoms with Crippen LogP contribution in [0.2, 0.25) is 0 Å². The lowest BCUT2D eigenvalue weighted by atomic mass is 10.0. The summed E-state index contributed by atoms with van der Waals surface area (Å²) in [5.74, 6) is 0. The third-order valence-corrected chi connectivity index (χ3v) is 4.18. The Labute approximate surface area is 126 Å². The first-order valence-corrected chi connectivity index (χ1v) is 7.62. The number of aryl methyl sites for hydroxylation is 1. The zero-order chi connectivity index (χ0) is 14.7. The minimum Gasteiger partial charge on any atom is -0.379 e. The van der Waals surface area contributed by atoms with Crippen molar-refractivity contribution in [1.29, 1.82) is 0 Å². The highest BCUT2D eigenvalue weighted by molar-refractivity contribution is 5.74. The zero-order valence-electron chi connectivity index (χ0n) is 12.6. The van der Waals surface area contributed by atoms with Gasteiger partial charge in [0.2, 0.25) is 0 Å². The number of para-hydroxylation sites is 1. The van der Waals surface area contributed by atoms with Gasteiger partial charge in [0.15, 0.2) is 0 Å². The number of fused-ring (bicyclic) bond motifs is 1. The van der Waals surface area contributed by atoms with E-state index in [-0.39, 0.29) is 0 Å². The molecule has 0 bridgehead atoms. The molecule has 21 heavy (non-hydrogen) atoms. The molecule has 2 aromatic carbocycles. The number of nitrogens with one attached hydrogen (secondary N) is 1. The second-order valence-corrected chi connectivity index (χ2v) is 5.71. The van der Waals surface area contributed by atoms with E-state index in [4.69, 9.17) is 5.73 Å². The molecule has 3 N–H and O–H groups in total. The molecule has 0 radical (unpaired) electrons. The third-order valence-electron chi connectivity index (χ3n) is 4.18. The molecule has 3 rings (SSSR count). The lowest BCUT2D eigenvalue weighted by Gasteiger charge is -2.30. The van der Waals surface area contributed by atoms with E-state index < -0.39 is 0 Å². The Morgan fingerprint density at radius 2 is 1.86 bits per heavy atom. The van der Waals surface area contributed by atoms with Crippen molar-refractivity contribution in [2.45, 2.75) is 25.9 Å². The van der Waals surface area contributed by atoms with Crippen molar-refractivity contribution < 1.29 is 0 Å². The highest BCUT2D eigenvalue weighted by atomic mass is 15.1. The van der Waals surface area contributed by atoms with Gasteiger partial charge in [-0.2, -0.15) is 0 Å². The molecule has 0 spiro atoms. The highest BCUT2D eigenvalue weighted by Gasteiger charge is 2.16. The van der Waals surface area contributed by atoms with Gasteiger partial charge in [-0.3, -0.25) is 0 Å². The minimum absolute atomic E-state index is 0.602. The standard InChI is InChI=1S/C18H23N3/c1-21-11-3-5-16-4-2-6-17(18(16)21)20-13-15-9-7-14(12-19)8-10-15/h2,4,6-10,20H,3,5,11-13,19H2,1H3. The van der Waals surface area contributed by atoms with E-state index in [1.807, 2.05) is 0 Å². The summed E-state index contributed by atoms with van der Waals surface area (Å²) in [5.41, 5.74) is 12.1. The van der Waals surface area contributed by atoms with Gasteiger partial charge in [-0.05, 0) is 35.6 Å². The van der Waals surface area contributed by atoms with Gasteiger partial charge in [0.1, 0.15) is 0 Å². The van der Waals surface area contributed by atoms with Crippen LogP contribution in [-0.4, -0.2) is 13.6 Å². The Kier molecular flexibility index (Phi) is 4.11. The van der Waals surface area contributed by atoms with Gasteiger partial charge in [0.05, 0.1) is 11.4 Å². The Morgan fingerprint density at radius 1 is 1.10 bits per heavy atom. The van der Waals surface area contributed by atoms with Crippen LogP contribution in [0.5, 0.6) is 0 Å². The quantitative estimate of drug-likeness (QED) is 0.904. The number of anilines is 2. The summed E-state index contributed by atoms with van der Waals surface area (Å²) < 4.78 is 0. The molecule has 3 nitrogen and oxygen atoms in total. The second-order valence-electron chi connectivity index (χ2n) is 5.71. The van der Waals surface area contributed by atoms with Crippen LogP contribution in [0.3, 0.4) is 0 Å². The van der Waals surface area contributed by atoms with Gasteiger partial charge >= 0.3 is 0 Å². The van der Waals surface area contributed by atoms with Crippen LogP contribution < -0.4 is 16.0 Å².